The molecule has 1 N–H and O–H groups in total. The molecule has 4 heteroatoms. The molecule has 98 valence electrons. The molecule has 4 nitrogen and oxygen atoms in total. The molecule has 0 aliphatic carbocycles. The van der Waals surface area contributed by atoms with E-state index in [1.165, 1.54) is 32.4 Å². The highest BCUT2D eigenvalue weighted by Crippen LogP contribution is 2.29. The highest BCUT2D eigenvalue weighted by molar-refractivity contribution is 5.32. The molecule has 18 heavy (non-hydrogen) atoms. The van der Waals surface area contributed by atoms with Gasteiger partial charge in [-0.15, -0.1) is 6.58 Å². The number of fused-ring (bicyclic) bond motifs is 1. The number of nitrogens with zero attached hydrogens (tertiary/aromatic N) is 3. The largest absolute Gasteiger partial charge is 0.351 e. The molecule has 0 amide bonds. The Balaban J connectivity index is 1.74. The zero-order valence-corrected chi connectivity index (χ0v) is 11.1. The van der Waals surface area contributed by atoms with Crippen LogP contribution < -0.4 is 5.32 Å². The lowest BCUT2D eigenvalue weighted by Crippen LogP contribution is -2.34. The molecule has 2 aliphatic heterocycles. The van der Waals surface area contributed by atoms with Crippen LogP contribution in [0.2, 0.25) is 0 Å². The van der Waals surface area contributed by atoms with Gasteiger partial charge in [0.25, 0.3) is 0 Å². The fraction of sp³-hybridized carbons (Fsp3) is 0.643. The smallest absolute Gasteiger partial charge is 0.203 e. The predicted octanol–water partition coefficient (Wildman–Crippen LogP) is 2.03. The Kier molecular flexibility index (Phi) is 3.12. The number of allylic oxidation sites excluding steroid dienone is 1. The molecule has 1 aromatic rings. The van der Waals surface area contributed by atoms with Crippen LogP contribution in [0.4, 0.5) is 5.95 Å². The van der Waals surface area contributed by atoms with E-state index in [0.29, 0.717) is 6.04 Å². The van der Waals surface area contributed by atoms with Crippen molar-refractivity contribution in [1.82, 2.24) is 14.5 Å². The average molecular weight is 246 g/mol. The van der Waals surface area contributed by atoms with Gasteiger partial charge < -0.3 is 9.88 Å². The summed E-state index contributed by atoms with van der Waals surface area (Å²) in [5.41, 5.74) is 1.07. The second-order valence-electron chi connectivity index (χ2n) is 5.43. The quantitative estimate of drug-likeness (QED) is 0.825. The zero-order chi connectivity index (χ0) is 12.5. The van der Waals surface area contributed by atoms with Gasteiger partial charge in [-0.25, -0.2) is 4.98 Å². The third-order valence-corrected chi connectivity index (χ3v) is 4.14. The minimum atomic E-state index is 0.567. The topological polar surface area (TPSA) is 33.1 Å². The van der Waals surface area contributed by atoms with Crippen LogP contribution in [-0.4, -0.2) is 39.6 Å². The summed E-state index contributed by atoms with van der Waals surface area (Å²) in [6.07, 6.45) is 7.93. The maximum Gasteiger partial charge on any atom is 0.203 e. The summed E-state index contributed by atoms with van der Waals surface area (Å²) in [6, 6.07) is 1.29. The molecule has 2 saturated heterocycles. The molecule has 3 rings (SSSR count). The third-order valence-electron chi connectivity index (χ3n) is 4.14. The van der Waals surface area contributed by atoms with Gasteiger partial charge in [0.05, 0.1) is 5.69 Å². The van der Waals surface area contributed by atoms with E-state index in [9.17, 15) is 0 Å². The van der Waals surface area contributed by atoms with Gasteiger partial charge in [0.15, 0.2) is 0 Å². The molecule has 0 aromatic carbocycles. The highest BCUT2D eigenvalue weighted by atomic mass is 15.3. The number of aromatic nitrogens is 2. The van der Waals surface area contributed by atoms with Gasteiger partial charge in [0.1, 0.15) is 0 Å². The van der Waals surface area contributed by atoms with Gasteiger partial charge in [-0.1, -0.05) is 6.08 Å². The van der Waals surface area contributed by atoms with E-state index in [2.05, 4.69) is 32.5 Å². The lowest BCUT2D eigenvalue weighted by atomic mass is 10.1. The molecule has 0 spiro atoms. The van der Waals surface area contributed by atoms with Crippen LogP contribution in [0.15, 0.2) is 18.9 Å². The summed E-state index contributed by atoms with van der Waals surface area (Å²) in [5, 5.41) is 3.65. The number of aryl methyl sites for hydroxylation is 1. The first kappa shape index (κ1) is 11.8. The van der Waals surface area contributed by atoms with Gasteiger partial charge in [-0.05, 0) is 32.7 Å². The van der Waals surface area contributed by atoms with Crippen LogP contribution in [0.5, 0.6) is 0 Å². The summed E-state index contributed by atoms with van der Waals surface area (Å²) in [6.45, 7) is 9.19. The van der Waals surface area contributed by atoms with Crippen LogP contribution in [0.25, 0.3) is 0 Å². The van der Waals surface area contributed by atoms with Crippen molar-refractivity contribution in [1.29, 1.82) is 0 Å². The second-order valence-corrected chi connectivity index (χ2v) is 5.43. The molecule has 1 aromatic heterocycles. The Labute approximate surface area is 109 Å². The maximum absolute atomic E-state index is 4.59. The molecule has 0 bridgehead atoms. The van der Waals surface area contributed by atoms with Crippen LogP contribution in [-0.2, 0) is 6.54 Å². The van der Waals surface area contributed by atoms with E-state index in [1.54, 1.807) is 0 Å². The van der Waals surface area contributed by atoms with Crippen LogP contribution in [0.1, 0.15) is 25.0 Å². The third kappa shape index (κ3) is 2.05. The summed E-state index contributed by atoms with van der Waals surface area (Å²) >= 11 is 0. The minimum Gasteiger partial charge on any atom is -0.351 e. The van der Waals surface area contributed by atoms with Gasteiger partial charge in [0, 0.05) is 31.4 Å². The summed E-state index contributed by atoms with van der Waals surface area (Å²) in [5.74, 6) is 1.01. The monoisotopic (exact) mass is 246 g/mol. The second kappa shape index (κ2) is 4.76. The molecular formula is C14H22N4. The van der Waals surface area contributed by atoms with E-state index in [1.807, 2.05) is 13.0 Å². The van der Waals surface area contributed by atoms with Crippen LogP contribution in [0.3, 0.4) is 0 Å². The van der Waals surface area contributed by atoms with E-state index in [-0.39, 0.29) is 0 Å². The Bertz CT molecular complexity index is 437. The van der Waals surface area contributed by atoms with Crippen molar-refractivity contribution < 1.29 is 0 Å². The standard InChI is InChI=1S/C14H22N4/c1-3-7-18-10-11(2)15-14(18)16-12-6-9-17-8-4-5-13(12)17/h3,10,12-13H,1,4-9H2,2H3,(H,15,16). The minimum absolute atomic E-state index is 0.567. The van der Waals surface area contributed by atoms with Crippen molar-refractivity contribution in [2.75, 3.05) is 18.4 Å². The number of hydrogen-bond donors (Lipinski definition) is 1. The lowest BCUT2D eigenvalue weighted by Gasteiger charge is -2.22. The van der Waals surface area contributed by atoms with Gasteiger partial charge >= 0.3 is 0 Å². The van der Waals surface area contributed by atoms with Crippen LogP contribution in [0, 0.1) is 6.92 Å². The number of hydrogen-bond acceptors (Lipinski definition) is 3. The fourth-order valence-corrected chi connectivity index (χ4v) is 3.36. The van der Waals surface area contributed by atoms with Crippen molar-refractivity contribution in [2.45, 2.75) is 44.8 Å². The molecule has 0 radical (unpaired) electrons. The molecule has 2 aliphatic rings. The first-order valence-electron chi connectivity index (χ1n) is 6.93. The van der Waals surface area contributed by atoms with Crippen molar-refractivity contribution >= 4 is 5.95 Å². The van der Waals surface area contributed by atoms with Crippen LogP contribution >= 0.6 is 0 Å². The summed E-state index contributed by atoms with van der Waals surface area (Å²) in [7, 11) is 0. The number of imidazole rings is 1. The highest BCUT2D eigenvalue weighted by Gasteiger charge is 2.37. The normalized spacial score (nSPS) is 27.4. The molecular weight excluding hydrogens is 224 g/mol. The maximum atomic E-state index is 4.59. The number of rotatable bonds is 4. The van der Waals surface area contributed by atoms with Crippen molar-refractivity contribution in [3.63, 3.8) is 0 Å². The van der Waals surface area contributed by atoms with E-state index in [0.717, 1.165) is 24.2 Å². The van der Waals surface area contributed by atoms with Gasteiger partial charge in [-0.2, -0.15) is 0 Å². The van der Waals surface area contributed by atoms with Gasteiger partial charge in [0.2, 0.25) is 5.95 Å². The Morgan fingerprint density at radius 2 is 2.39 bits per heavy atom. The first-order chi connectivity index (χ1) is 8.78. The number of nitrogens with one attached hydrogen (secondary N) is 1. The molecule has 2 unspecified atom stereocenters. The summed E-state index contributed by atoms with van der Waals surface area (Å²) < 4.78 is 2.15. The molecule has 2 atom stereocenters. The fourth-order valence-electron chi connectivity index (χ4n) is 3.36. The number of anilines is 1. The Hall–Kier alpha value is -1.29. The van der Waals surface area contributed by atoms with Crippen molar-refractivity contribution in [3.8, 4) is 0 Å². The van der Waals surface area contributed by atoms with Crippen molar-refractivity contribution in [2.24, 2.45) is 0 Å². The van der Waals surface area contributed by atoms with E-state index < -0.39 is 0 Å². The molecule has 3 heterocycles. The zero-order valence-electron chi connectivity index (χ0n) is 11.1. The molecule has 2 fully saturated rings. The lowest BCUT2D eigenvalue weighted by molar-refractivity contribution is 0.318. The van der Waals surface area contributed by atoms with E-state index >= 15 is 0 Å². The van der Waals surface area contributed by atoms with E-state index in [4.69, 9.17) is 0 Å². The van der Waals surface area contributed by atoms with Crippen molar-refractivity contribution in [3.05, 3.63) is 24.5 Å². The summed E-state index contributed by atoms with van der Waals surface area (Å²) in [4.78, 5) is 7.21. The SMILES string of the molecule is C=CCn1cc(C)nc1NC1CCN2CCCC12. The Morgan fingerprint density at radius 1 is 1.50 bits per heavy atom. The van der Waals surface area contributed by atoms with Gasteiger partial charge in [-0.3, -0.25) is 4.90 Å². The average Bonchev–Trinajstić information content (AvgIpc) is 2.98. The molecule has 0 saturated carbocycles. The Morgan fingerprint density at radius 3 is 3.22 bits per heavy atom. The predicted molar refractivity (Wildman–Crippen MR) is 73.8 cm³/mol. The first-order valence-corrected chi connectivity index (χ1v) is 6.93.